The van der Waals surface area contributed by atoms with Gasteiger partial charge in [0.05, 0.1) is 5.69 Å². The van der Waals surface area contributed by atoms with Crippen molar-refractivity contribution in [1.82, 2.24) is 4.90 Å². The fourth-order valence-corrected chi connectivity index (χ4v) is 3.86. The molecule has 1 atom stereocenters. The van der Waals surface area contributed by atoms with Crippen LogP contribution in [-0.4, -0.2) is 49.4 Å². The molecule has 8 heteroatoms. The predicted molar refractivity (Wildman–Crippen MR) is 117 cm³/mol. The van der Waals surface area contributed by atoms with Crippen molar-refractivity contribution in [2.75, 3.05) is 37.7 Å². The van der Waals surface area contributed by atoms with Crippen LogP contribution >= 0.6 is 11.6 Å². The van der Waals surface area contributed by atoms with Gasteiger partial charge in [-0.25, -0.2) is 9.18 Å². The molecule has 0 bridgehead atoms. The van der Waals surface area contributed by atoms with Gasteiger partial charge >= 0.3 is 6.09 Å². The smallest absolute Gasteiger partial charge is 0.410 e. The molecule has 1 amide bonds. The Hall–Kier alpha value is -2.67. The zero-order valence-corrected chi connectivity index (χ0v) is 18.6. The van der Waals surface area contributed by atoms with Crippen LogP contribution < -0.4 is 14.4 Å². The number of rotatable bonds is 2. The largest absolute Gasteiger partial charge is 0.485 e. The van der Waals surface area contributed by atoms with Crippen molar-refractivity contribution in [2.24, 2.45) is 0 Å². The van der Waals surface area contributed by atoms with Crippen molar-refractivity contribution in [1.29, 1.82) is 0 Å². The SMILES string of the molecule is CC(C)(C)OC(=O)N1CCN(c2cccc3c2O[C@@H](c2ccc(Cl)cc2F)CO3)CC1. The van der Waals surface area contributed by atoms with Gasteiger partial charge in [-0.3, -0.25) is 0 Å². The summed E-state index contributed by atoms with van der Waals surface area (Å²) in [5.74, 6) is 0.782. The van der Waals surface area contributed by atoms with Crippen LogP contribution in [0.1, 0.15) is 32.4 Å². The number of hydrogen-bond acceptors (Lipinski definition) is 5. The molecule has 0 N–H and O–H groups in total. The number of anilines is 1. The molecule has 0 saturated carbocycles. The summed E-state index contributed by atoms with van der Waals surface area (Å²) >= 11 is 5.88. The third-order valence-corrected chi connectivity index (χ3v) is 5.42. The van der Waals surface area contributed by atoms with Crippen LogP contribution in [0.15, 0.2) is 36.4 Å². The summed E-state index contributed by atoms with van der Waals surface area (Å²) in [6.07, 6.45) is -0.880. The summed E-state index contributed by atoms with van der Waals surface area (Å²) < 4.78 is 32.0. The molecule has 4 rings (SSSR count). The molecule has 0 radical (unpaired) electrons. The first kappa shape index (κ1) is 21.6. The lowest BCUT2D eigenvalue weighted by molar-refractivity contribution is 0.0240. The summed E-state index contributed by atoms with van der Waals surface area (Å²) in [6, 6.07) is 10.2. The fourth-order valence-electron chi connectivity index (χ4n) is 3.70. The maximum atomic E-state index is 14.4. The highest BCUT2D eigenvalue weighted by atomic mass is 35.5. The first-order valence-corrected chi connectivity index (χ1v) is 10.7. The maximum absolute atomic E-state index is 14.4. The highest BCUT2D eigenvalue weighted by molar-refractivity contribution is 6.30. The number of carbonyl (C=O) groups excluding carboxylic acids is 1. The molecular formula is C23H26ClFN2O4. The van der Waals surface area contributed by atoms with E-state index >= 15 is 0 Å². The highest BCUT2D eigenvalue weighted by Gasteiger charge is 2.31. The molecule has 2 aliphatic rings. The number of ether oxygens (including phenoxy) is 3. The molecule has 0 unspecified atom stereocenters. The van der Waals surface area contributed by atoms with E-state index in [1.165, 1.54) is 6.07 Å². The minimum Gasteiger partial charge on any atom is -0.485 e. The molecule has 31 heavy (non-hydrogen) atoms. The molecule has 2 heterocycles. The predicted octanol–water partition coefficient (Wildman–Crippen LogP) is 5.05. The van der Waals surface area contributed by atoms with E-state index in [-0.39, 0.29) is 12.7 Å². The molecule has 0 spiro atoms. The topological polar surface area (TPSA) is 51.2 Å². The zero-order valence-electron chi connectivity index (χ0n) is 17.9. The molecular weight excluding hydrogens is 423 g/mol. The fraction of sp³-hybridized carbons (Fsp3) is 0.435. The summed E-state index contributed by atoms with van der Waals surface area (Å²) in [6.45, 7) is 8.10. The first-order valence-electron chi connectivity index (χ1n) is 10.3. The number of halogens is 2. The van der Waals surface area contributed by atoms with Gasteiger partial charge in [0, 0.05) is 36.8 Å². The molecule has 2 aromatic carbocycles. The van der Waals surface area contributed by atoms with Crippen LogP contribution in [0.2, 0.25) is 5.02 Å². The van der Waals surface area contributed by atoms with Gasteiger partial charge in [-0.2, -0.15) is 0 Å². The van der Waals surface area contributed by atoms with E-state index in [0.717, 1.165) is 5.69 Å². The van der Waals surface area contributed by atoms with Crippen molar-refractivity contribution in [3.63, 3.8) is 0 Å². The summed E-state index contributed by atoms with van der Waals surface area (Å²) in [5.41, 5.74) is 0.740. The second-order valence-electron chi connectivity index (χ2n) is 8.64. The van der Waals surface area contributed by atoms with E-state index in [2.05, 4.69) is 4.90 Å². The Balaban J connectivity index is 1.49. The van der Waals surface area contributed by atoms with Crippen LogP contribution in [0.25, 0.3) is 0 Å². The lowest BCUT2D eigenvalue weighted by Gasteiger charge is -2.38. The van der Waals surface area contributed by atoms with Crippen LogP contribution in [0.5, 0.6) is 11.5 Å². The van der Waals surface area contributed by atoms with Gasteiger partial charge < -0.3 is 24.0 Å². The molecule has 6 nitrogen and oxygen atoms in total. The molecule has 0 aromatic heterocycles. The van der Waals surface area contributed by atoms with Gasteiger partial charge in [0.15, 0.2) is 17.6 Å². The van der Waals surface area contributed by atoms with E-state index < -0.39 is 17.5 Å². The molecule has 0 aliphatic carbocycles. The van der Waals surface area contributed by atoms with Gasteiger partial charge in [0.1, 0.15) is 18.0 Å². The van der Waals surface area contributed by atoms with Crippen LogP contribution in [-0.2, 0) is 4.74 Å². The van der Waals surface area contributed by atoms with E-state index in [1.54, 1.807) is 17.0 Å². The Bertz CT molecular complexity index is 971. The van der Waals surface area contributed by atoms with Gasteiger partial charge in [-0.1, -0.05) is 23.7 Å². The number of benzene rings is 2. The van der Waals surface area contributed by atoms with Crippen molar-refractivity contribution in [3.8, 4) is 11.5 Å². The first-order chi connectivity index (χ1) is 14.7. The second-order valence-corrected chi connectivity index (χ2v) is 9.08. The average molecular weight is 449 g/mol. The number of para-hydroxylation sites is 1. The summed E-state index contributed by atoms with van der Waals surface area (Å²) in [5, 5.41) is 0.335. The number of nitrogens with zero attached hydrogens (tertiary/aromatic N) is 2. The molecule has 2 aromatic rings. The van der Waals surface area contributed by atoms with Gasteiger partial charge in [0.2, 0.25) is 0 Å². The Morgan fingerprint density at radius 1 is 1.16 bits per heavy atom. The van der Waals surface area contributed by atoms with E-state index in [1.807, 2.05) is 39.0 Å². The van der Waals surface area contributed by atoms with Crippen molar-refractivity contribution >= 4 is 23.4 Å². The summed E-state index contributed by atoms with van der Waals surface area (Å²) in [4.78, 5) is 16.2. The third-order valence-electron chi connectivity index (χ3n) is 5.19. The Morgan fingerprint density at radius 3 is 2.58 bits per heavy atom. The van der Waals surface area contributed by atoms with Gasteiger partial charge in [-0.15, -0.1) is 0 Å². The Labute approximate surface area is 186 Å². The van der Waals surface area contributed by atoms with Crippen molar-refractivity contribution < 1.29 is 23.4 Å². The van der Waals surface area contributed by atoms with Crippen LogP contribution in [0.3, 0.4) is 0 Å². The zero-order chi connectivity index (χ0) is 22.2. The van der Waals surface area contributed by atoms with Crippen LogP contribution in [0, 0.1) is 5.82 Å². The number of amides is 1. The molecule has 2 aliphatic heterocycles. The van der Waals surface area contributed by atoms with Crippen molar-refractivity contribution in [2.45, 2.75) is 32.5 Å². The van der Waals surface area contributed by atoms with E-state index in [4.69, 9.17) is 25.8 Å². The molecule has 166 valence electrons. The lowest BCUT2D eigenvalue weighted by Crippen LogP contribution is -2.50. The maximum Gasteiger partial charge on any atom is 0.410 e. The quantitative estimate of drug-likeness (QED) is 0.643. The lowest BCUT2D eigenvalue weighted by atomic mass is 10.1. The second kappa shape index (κ2) is 8.46. The minimum atomic E-state index is -0.575. The number of fused-ring (bicyclic) bond motifs is 1. The summed E-state index contributed by atoms with van der Waals surface area (Å²) in [7, 11) is 0. The monoisotopic (exact) mass is 448 g/mol. The average Bonchev–Trinajstić information content (AvgIpc) is 2.72. The van der Waals surface area contributed by atoms with E-state index in [9.17, 15) is 9.18 Å². The normalized spacial score (nSPS) is 18.7. The molecule has 1 saturated heterocycles. The van der Waals surface area contributed by atoms with Crippen LogP contribution in [0.4, 0.5) is 14.9 Å². The number of hydrogen-bond donors (Lipinski definition) is 0. The highest BCUT2D eigenvalue weighted by Crippen LogP contribution is 2.44. The number of carbonyl (C=O) groups is 1. The minimum absolute atomic E-state index is 0.210. The van der Waals surface area contributed by atoms with Gasteiger partial charge in [-0.05, 0) is 45.0 Å². The van der Waals surface area contributed by atoms with Gasteiger partial charge in [0.25, 0.3) is 0 Å². The standard InChI is InChI=1S/C23H26ClFN2O4/c1-23(2,3)31-22(28)27-11-9-26(10-12-27)18-5-4-6-19-21(18)30-20(14-29-19)16-8-7-15(24)13-17(16)25/h4-8,13,20H,9-12,14H2,1-3H3/t20-/m1/s1. The van der Waals surface area contributed by atoms with E-state index in [0.29, 0.717) is 48.3 Å². The Morgan fingerprint density at radius 2 is 1.90 bits per heavy atom. The molecule has 1 fully saturated rings. The van der Waals surface area contributed by atoms with Crippen molar-refractivity contribution in [3.05, 3.63) is 52.8 Å². The Kier molecular flexibility index (Phi) is 5.88. The third kappa shape index (κ3) is 4.82. The number of piperazine rings is 1.